The molecule has 0 spiro atoms. The summed E-state index contributed by atoms with van der Waals surface area (Å²) in [5.74, 6) is 1.70. The lowest BCUT2D eigenvalue weighted by Crippen LogP contribution is -2.56. The molecule has 124 valence electrons. The van der Waals surface area contributed by atoms with E-state index in [1.807, 2.05) is 6.07 Å². The van der Waals surface area contributed by atoms with E-state index in [-0.39, 0.29) is 17.2 Å². The maximum absolute atomic E-state index is 12.8. The number of carbonyl (C=O) groups is 2. The number of carbonyl (C=O) groups excluding carboxylic acids is 2. The van der Waals surface area contributed by atoms with Gasteiger partial charge in [-0.3, -0.25) is 20.4 Å². The largest absolute Gasteiger partial charge is 0.273 e. The zero-order valence-corrected chi connectivity index (χ0v) is 13.5. The quantitative estimate of drug-likeness (QED) is 0.821. The van der Waals surface area contributed by atoms with Gasteiger partial charge in [-0.2, -0.15) is 5.26 Å². The zero-order chi connectivity index (χ0) is 16.7. The van der Waals surface area contributed by atoms with Crippen LogP contribution in [0.25, 0.3) is 0 Å². The molecular formula is C19H21N3O2. The minimum atomic E-state index is -0.349. The molecule has 0 saturated heterocycles. The fraction of sp³-hybridized carbons (Fsp3) is 0.526. The Hall–Kier alpha value is -2.35. The number of nitriles is 1. The van der Waals surface area contributed by atoms with Gasteiger partial charge in [-0.25, -0.2) is 0 Å². The summed E-state index contributed by atoms with van der Waals surface area (Å²) in [4.78, 5) is 24.9. The van der Waals surface area contributed by atoms with Gasteiger partial charge >= 0.3 is 0 Å². The first-order valence-corrected chi connectivity index (χ1v) is 8.69. The zero-order valence-electron chi connectivity index (χ0n) is 13.5. The lowest BCUT2D eigenvalue weighted by molar-refractivity contribution is -0.147. The Labute approximate surface area is 141 Å². The molecule has 4 aliphatic carbocycles. The maximum atomic E-state index is 12.8. The normalized spacial score (nSPS) is 32.9. The molecule has 5 heteroatoms. The van der Waals surface area contributed by atoms with Crippen molar-refractivity contribution in [2.45, 2.75) is 38.5 Å². The topological polar surface area (TPSA) is 82.0 Å². The van der Waals surface area contributed by atoms with Crippen molar-refractivity contribution in [2.24, 2.45) is 23.2 Å². The van der Waals surface area contributed by atoms with E-state index in [0.29, 0.717) is 28.9 Å². The highest BCUT2D eigenvalue weighted by Gasteiger charge is 2.54. The third-order valence-corrected chi connectivity index (χ3v) is 6.09. The predicted octanol–water partition coefficient (Wildman–Crippen LogP) is 2.54. The SMILES string of the molecule is N#Cc1ccc(C(=O)NNC(=O)C23CC4CC(CC(C4)C2)C3)cc1. The molecule has 4 aliphatic rings. The molecule has 4 saturated carbocycles. The standard InChI is InChI=1S/C19H21N3O2/c20-11-12-1-3-16(4-2-12)17(23)21-22-18(24)19-8-13-5-14(9-19)7-15(6-13)10-19/h1-4,13-15H,5-10H2,(H,21,23)(H,22,24). The second-order valence-corrected chi connectivity index (χ2v) is 7.80. The summed E-state index contributed by atoms with van der Waals surface area (Å²) in [5, 5.41) is 8.79. The van der Waals surface area contributed by atoms with Crippen LogP contribution in [-0.4, -0.2) is 11.8 Å². The van der Waals surface area contributed by atoms with Gasteiger partial charge < -0.3 is 0 Å². The third kappa shape index (κ3) is 2.56. The highest BCUT2D eigenvalue weighted by molar-refractivity contribution is 5.96. The summed E-state index contributed by atoms with van der Waals surface area (Å²) < 4.78 is 0. The Kier molecular flexibility index (Phi) is 3.56. The van der Waals surface area contributed by atoms with E-state index in [2.05, 4.69) is 10.9 Å². The number of amides is 2. The molecule has 4 bridgehead atoms. The molecule has 5 rings (SSSR count). The van der Waals surface area contributed by atoms with Gasteiger partial charge in [0.2, 0.25) is 5.91 Å². The number of hydrazine groups is 1. The van der Waals surface area contributed by atoms with E-state index in [0.717, 1.165) is 19.3 Å². The van der Waals surface area contributed by atoms with Crippen LogP contribution in [0.1, 0.15) is 54.4 Å². The van der Waals surface area contributed by atoms with Crippen molar-refractivity contribution in [1.29, 1.82) is 5.26 Å². The van der Waals surface area contributed by atoms with E-state index in [1.54, 1.807) is 24.3 Å². The van der Waals surface area contributed by atoms with Crippen LogP contribution < -0.4 is 10.9 Å². The van der Waals surface area contributed by atoms with Crippen molar-refractivity contribution in [2.75, 3.05) is 0 Å². The Morgan fingerprint density at radius 2 is 1.50 bits per heavy atom. The minimum Gasteiger partial charge on any atom is -0.273 e. The van der Waals surface area contributed by atoms with Crippen molar-refractivity contribution in [3.8, 4) is 6.07 Å². The van der Waals surface area contributed by atoms with Crippen LogP contribution in [-0.2, 0) is 4.79 Å². The molecule has 2 N–H and O–H groups in total. The summed E-state index contributed by atoms with van der Waals surface area (Å²) in [5.41, 5.74) is 5.87. The Balaban J connectivity index is 1.39. The van der Waals surface area contributed by atoms with Gasteiger partial charge in [0.05, 0.1) is 17.0 Å². The monoisotopic (exact) mass is 323 g/mol. The molecule has 0 unspecified atom stereocenters. The molecule has 4 fully saturated rings. The smallest absolute Gasteiger partial charge is 0.269 e. The van der Waals surface area contributed by atoms with Crippen molar-refractivity contribution >= 4 is 11.8 Å². The molecule has 1 aromatic carbocycles. The molecule has 0 heterocycles. The number of nitrogens with one attached hydrogen (secondary N) is 2. The van der Waals surface area contributed by atoms with Gasteiger partial charge in [-0.05, 0) is 80.5 Å². The second kappa shape index (κ2) is 5.62. The maximum Gasteiger partial charge on any atom is 0.269 e. The van der Waals surface area contributed by atoms with Crippen molar-refractivity contribution in [3.63, 3.8) is 0 Å². The van der Waals surface area contributed by atoms with Gasteiger partial charge in [0.15, 0.2) is 0 Å². The summed E-state index contributed by atoms with van der Waals surface area (Å²) in [6, 6.07) is 8.38. The molecule has 5 nitrogen and oxygen atoms in total. The summed E-state index contributed by atoms with van der Waals surface area (Å²) in [6.07, 6.45) is 6.76. The molecule has 2 amide bonds. The summed E-state index contributed by atoms with van der Waals surface area (Å²) >= 11 is 0. The van der Waals surface area contributed by atoms with Gasteiger partial charge in [0.1, 0.15) is 0 Å². The van der Waals surface area contributed by atoms with Crippen LogP contribution in [0.4, 0.5) is 0 Å². The summed E-state index contributed by atoms with van der Waals surface area (Å²) in [6.45, 7) is 0. The van der Waals surface area contributed by atoms with Gasteiger partial charge in [0.25, 0.3) is 5.91 Å². The highest BCUT2D eigenvalue weighted by atomic mass is 16.2. The van der Waals surface area contributed by atoms with E-state index >= 15 is 0 Å². The number of hydrogen-bond acceptors (Lipinski definition) is 3. The first kappa shape index (κ1) is 15.2. The first-order valence-electron chi connectivity index (χ1n) is 8.69. The molecule has 0 aliphatic heterocycles. The lowest BCUT2D eigenvalue weighted by Gasteiger charge is -2.55. The Bertz CT molecular complexity index is 682. The van der Waals surface area contributed by atoms with Gasteiger partial charge in [-0.15, -0.1) is 0 Å². The van der Waals surface area contributed by atoms with Gasteiger partial charge in [0, 0.05) is 5.56 Å². The van der Waals surface area contributed by atoms with Crippen molar-refractivity contribution in [1.82, 2.24) is 10.9 Å². The second-order valence-electron chi connectivity index (χ2n) is 7.80. The predicted molar refractivity (Wildman–Crippen MR) is 87.4 cm³/mol. The number of benzene rings is 1. The molecular weight excluding hydrogens is 302 g/mol. The average Bonchev–Trinajstić information content (AvgIpc) is 2.58. The lowest BCUT2D eigenvalue weighted by atomic mass is 9.49. The third-order valence-electron chi connectivity index (χ3n) is 6.09. The van der Waals surface area contributed by atoms with E-state index in [9.17, 15) is 9.59 Å². The fourth-order valence-electron chi connectivity index (χ4n) is 5.40. The molecule has 1 aromatic rings. The van der Waals surface area contributed by atoms with Crippen LogP contribution in [0.15, 0.2) is 24.3 Å². The van der Waals surface area contributed by atoms with Crippen molar-refractivity contribution in [3.05, 3.63) is 35.4 Å². The molecule has 0 aromatic heterocycles. The van der Waals surface area contributed by atoms with Crippen LogP contribution in [0.5, 0.6) is 0 Å². The number of hydrogen-bond donors (Lipinski definition) is 2. The first-order chi connectivity index (χ1) is 11.6. The molecule has 0 radical (unpaired) electrons. The number of nitrogens with zero attached hydrogens (tertiary/aromatic N) is 1. The minimum absolute atomic E-state index is 0.0244. The molecule has 0 atom stereocenters. The van der Waals surface area contributed by atoms with Crippen LogP contribution in [0, 0.1) is 34.5 Å². The highest BCUT2D eigenvalue weighted by Crippen LogP contribution is 2.59. The average molecular weight is 323 g/mol. The Morgan fingerprint density at radius 3 is 2.00 bits per heavy atom. The van der Waals surface area contributed by atoms with Crippen LogP contribution in [0.3, 0.4) is 0 Å². The summed E-state index contributed by atoms with van der Waals surface area (Å²) in [7, 11) is 0. The fourth-order valence-corrected chi connectivity index (χ4v) is 5.40. The molecule has 24 heavy (non-hydrogen) atoms. The number of rotatable bonds is 2. The van der Waals surface area contributed by atoms with Crippen LogP contribution in [0.2, 0.25) is 0 Å². The van der Waals surface area contributed by atoms with Crippen LogP contribution >= 0.6 is 0 Å². The van der Waals surface area contributed by atoms with E-state index in [4.69, 9.17) is 5.26 Å². The van der Waals surface area contributed by atoms with E-state index in [1.165, 1.54) is 19.3 Å². The van der Waals surface area contributed by atoms with Gasteiger partial charge in [-0.1, -0.05) is 0 Å². The van der Waals surface area contributed by atoms with E-state index < -0.39 is 0 Å². The Morgan fingerprint density at radius 1 is 0.958 bits per heavy atom. The van der Waals surface area contributed by atoms with Crippen molar-refractivity contribution < 1.29 is 9.59 Å².